The average molecular weight is 328 g/mol. The van der Waals surface area contributed by atoms with Crippen molar-refractivity contribution in [2.45, 2.75) is 32.7 Å². The summed E-state index contributed by atoms with van der Waals surface area (Å²) in [7, 11) is 0. The van der Waals surface area contributed by atoms with E-state index in [2.05, 4.69) is 10.6 Å². The van der Waals surface area contributed by atoms with Crippen LogP contribution in [0.2, 0.25) is 0 Å². The second-order valence-electron chi connectivity index (χ2n) is 5.65. The molecule has 2 aromatic rings. The minimum atomic E-state index is -0.0730. The minimum absolute atomic E-state index is 0.0165. The third kappa shape index (κ3) is 3.62. The number of fused-ring (bicyclic) bond motifs is 1. The van der Waals surface area contributed by atoms with Gasteiger partial charge in [-0.3, -0.25) is 9.59 Å². The largest absolute Gasteiger partial charge is 0.352 e. The van der Waals surface area contributed by atoms with Crippen LogP contribution in [0.5, 0.6) is 0 Å². The molecule has 1 heterocycles. The van der Waals surface area contributed by atoms with E-state index in [0.717, 1.165) is 23.3 Å². The lowest BCUT2D eigenvalue weighted by Gasteiger charge is -2.06. The molecule has 1 aliphatic carbocycles. The van der Waals surface area contributed by atoms with Gasteiger partial charge in [0, 0.05) is 23.5 Å². The summed E-state index contributed by atoms with van der Waals surface area (Å²) >= 11 is 1.61. The molecule has 0 spiro atoms. The van der Waals surface area contributed by atoms with Gasteiger partial charge in [0.15, 0.2) is 0 Å². The number of thiophene rings is 1. The van der Waals surface area contributed by atoms with Gasteiger partial charge in [-0.25, -0.2) is 0 Å². The summed E-state index contributed by atoms with van der Waals surface area (Å²) in [5, 5.41) is 5.71. The number of aryl methyl sites for hydroxylation is 2. The van der Waals surface area contributed by atoms with Gasteiger partial charge in [0.2, 0.25) is 0 Å². The van der Waals surface area contributed by atoms with Crippen molar-refractivity contribution in [3.63, 3.8) is 0 Å². The Morgan fingerprint density at radius 1 is 1.09 bits per heavy atom. The molecule has 2 amide bonds. The van der Waals surface area contributed by atoms with E-state index in [0.29, 0.717) is 18.7 Å². The zero-order valence-corrected chi connectivity index (χ0v) is 14.0. The third-order valence-corrected chi connectivity index (χ3v) is 5.21. The van der Waals surface area contributed by atoms with Crippen LogP contribution in [-0.4, -0.2) is 18.4 Å². The summed E-state index contributed by atoms with van der Waals surface area (Å²) < 4.78 is 0. The standard InChI is InChI=1S/C18H20N2O2S/c1-2-19-17(21)13-8-6-12(7-9-13)11-20-18(22)16-10-14-4-3-5-15(14)23-16/h6-10H,2-5,11H2,1H3,(H,19,21)(H,20,22). The fraction of sp³-hybridized carbons (Fsp3) is 0.333. The van der Waals surface area contributed by atoms with Gasteiger partial charge in [-0.15, -0.1) is 11.3 Å². The molecule has 120 valence electrons. The van der Waals surface area contributed by atoms with E-state index in [1.807, 2.05) is 25.1 Å². The number of benzene rings is 1. The van der Waals surface area contributed by atoms with Crippen LogP contribution in [-0.2, 0) is 19.4 Å². The van der Waals surface area contributed by atoms with E-state index in [1.54, 1.807) is 23.5 Å². The zero-order chi connectivity index (χ0) is 16.2. The summed E-state index contributed by atoms with van der Waals surface area (Å²) in [5.41, 5.74) is 2.96. The number of hydrogen-bond acceptors (Lipinski definition) is 3. The second-order valence-corrected chi connectivity index (χ2v) is 6.79. The van der Waals surface area contributed by atoms with Gasteiger partial charge in [-0.05, 0) is 55.5 Å². The Bertz CT molecular complexity index is 698. The molecular weight excluding hydrogens is 308 g/mol. The van der Waals surface area contributed by atoms with Crippen molar-refractivity contribution < 1.29 is 9.59 Å². The molecule has 1 aromatic heterocycles. The van der Waals surface area contributed by atoms with E-state index < -0.39 is 0 Å². The molecule has 0 aliphatic heterocycles. The number of carbonyl (C=O) groups is 2. The summed E-state index contributed by atoms with van der Waals surface area (Å²) in [5.74, 6) is -0.0895. The Balaban J connectivity index is 1.57. The highest BCUT2D eigenvalue weighted by Gasteiger charge is 2.18. The van der Waals surface area contributed by atoms with Gasteiger partial charge >= 0.3 is 0 Å². The van der Waals surface area contributed by atoms with Gasteiger partial charge in [-0.1, -0.05) is 12.1 Å². The molecule has 1 aromatic carbocycles. The average Bonchev–Trinajstić information content (AvgIpc) is 3.15. The maximum atomic E-state index is 12.2. The Labute approximate surface area is 139 Å². The first-order valence-electron chi connectivity index (χ1n) is 7.94. The van der Waals surface area contributed by atoms with Gasteiger partial charge in [0.25, 0.3) is 11.8 Å². The second kappa shape index (κ2) is 6.96. The Morgan fingerprint density at radius 3 is 2.57 bits per heavy atom. The highest BCUT2D eigenvalue weighted by molar-refractivity contribution is 7.14. The molecule has 0 atom stereocenters. The lowest BCUT2D eigenvalue weighted by molar-refractivity contribution is 0.0946. The fourth-order valence-corrected chi connectivity index (χ4v) is 3.92. The van der Waals surface area contributed by atoms with Gasteiger partial charge in [0.1, 0.15) is 0 Å². The van der Waals surface area contributed by atoms with Crippen LogP contribution < -0.4 is 10.6 Å². The first kappa shape index (κ1) is 15.7. The molecule has 3 rings (SSSR count). The van der Waals surface area contributed by atoms with E-state index in [4.69, 9.17) is 0 Å². The van der Waals surface area contributed by atoms with Crippen molar-refractivity contribution >= 4 is 23.2 Å². The van der Waals surface area contributed by atoms with E-state index in [-0.39, 0.29) is 11.8 Å². The predicted octanol–water partition coefficient (Wildman–Crippen LogP) is 2.92. The SMILES string of the molecule is CCNC(=O)c1ccc(CNC(=O)c2cc3c(s2)CCC3)cc1. The Kier molecular flexibility index (Phi) is 4.76. The van der Waals surface area contributed by atoms with Crippen LogP contribution in [0.3, 0.4) is 0 Å². The molecule has 4 nitrogen and oxygen atoms in total. The summed E-state index contributed by atoms with van der Waals surface area (Å²) in [6.07, 6.45) is 3.41. The summed E-state index contributed by atoms with van der Waals surface area (Å²) in [6, 6.07) is 9.34. The van der Waals surface area contributed by atoms with Crippen LogP contribution in [0.15, 0.2) is 30.3 Å². The monoisotopic (exact) mass is 328 g/mol. The van der Waals surface area contributed by atoms with E-state index >= 15 is 0 Å². The summed E-state index contributed by atoms with van der Waals surface area (Å²) in [4.78, 5) is 26.1. The molecular formula is C18H20N2O2S. The van der Waals surface area contributed by atoms with Crippen molar-refractivity contribution in [2.75, 3.05) is 6.54 Å². The van der Waals surface area contributed by atoms with Crippen molar-refractivity contribution in [3.8, 4) is 0 Å². The molecule has 0 saturated carbocycles. The van der Waals surface area contributed by atoms with Gasteiger partial charge in [-0.2, -0.15) is 0 Å². The van der Waals surface area contributed by atoms with Crippen molar-refractivity contribution in [2.24, 2.45) is 0 Å². The van der Waals surface area contributed by atoms with Crippen LogP contribution in [0.25, 0.3) is 0 Å². The van der Waals surface area contributed by atoms with Crippen LogP contribution in [0.4, 0.5) is 0 Å². The maximum Gasteiger partial charge on any atom is 0.261 e. The third-order valence-electron chi connectivity index (χ3n) is 3.98. The molecule has 1 aliphatic rings. The number of nitrogens with one attached hydrogen (secondary N) is 2. The minimum Gasteiger partial charge on any atom is -0.352 e. The predicted molar refractivity (Wildman–Crippen MR) is 92.0 cm³/mol. The molecule has 0 unspecified atom stereocenters. The smallest absolute Gasteiger partial charge is 0.261 e. The van der Waals surface area contributed by atoms with Crippen molar-refractivity contribution in [1.82, 2.24) is 10.6 Å². The lowest BCUT2D eigenvalue weighted by Crippen LogP contribution is -2.23. The molecule has 0 saturated heterocycles. The first-order valence-corrected chi connectivity index (χ1v) is 8.76. The Morgan fingerprint density at radius 2 is 1.87 bits per heavy atom. The first-order chi connectivity index (χ1) is 11.2. The number of carbonyl (C=O) groups excluding carboxylic acids is 2. The van der Waals surface area contributed by atoms with Gasteiger partial charge < -0.3 is 10.6 Å². The number of rotatable bonds is 5. The lowest BCUT2D eigenvalue weighted by atomic mass is 10.1. The van der Waals surface area contributed by atoms with Crippen LogP contribution in [0.1, 0.15) is 49.4 Å². The van der Waals surface area contributed by atoms with Crippen LogP contribution >= 0.6 is 11.3 Å². The molecule has 0 bridgehead atoms. The molecule has 23 heavy (non-hydrogen) atoms. The summed E-state index contributed by atoms with van der Waals surface area (Å²) in [6.45, 7) is 2.97. The molecule has 0 radical (unpaired) electrons. The molecule has 0 fully saturated rings. The highest BCUT2D eigenvalue weighted by Crippen LogP contribution is 2.30. The van der Waals surface area contributed by atoms with Crippen LogP contribution in [0, 0.1) is 0 Å². The number of amides is 2. The fourth-order valence-electron chi connectivity index (χ4n) is 2.75. The Hall–Kier alpha value is -2.14. The molecule has 5 heteroatoms. The normalized spacial score (nSPS) is 12.7. The number of hydrogen-bond donors (Lipinski definition) is 2. The van der Waals surface area contributed by atoms with E-state index in [1.165, 1.54) is 16.9 Å². The van der Waals surface area contributed by atoms with E-state index in [9.17, 15) is 9.59 Å². The molecule has 2 N–H and O–H groups in total. The maximum absolute atomic E-state index is 12.2. The van der Waals surface area contributed by atoms with Crippen molar-refractivity contribution in [3.05, 3.63) is 56.8 Å². The zero-order valence-electron chi connectivity index (χ0n) is 13.1. The topological polar surface area (TPSA) is 58.2 Å². The van der Waals surface area contributed by atoms with Crippen molar-refractivity contribution in [1.29, 1.82) is 0 Å². The quantitative estimate of drug-likeness (QED) is 0.886. The highest BCUT2D eigenvalue weighted by atomic mass is 32.1. The van der Waals surface area contributed by atoms with Gasteiger partial charge in [0.05, 0.1) is 4.88 Å².